The van der Waals surface area contributed by atoms with Crippen LogP contribution in [0.3, 0.4) is 0 Å². The van der Waals surface area contributed by atoms with E-state index in [1.54, 1.807) is 24.3 Å². The molecule has 0 spiro atoms. The number of hydrogen-bond donors (Lipinski definition) is 2. The molecule has 3 aromatic rings. The van der Waals surface area contributed by atoms with Crippen molar-refractivity contribution in [2.45, 2.75) is 12.5 Å². The fourth-order valence-electron chi connectivity index (χ4n) is 2.80. The molecule has 26 heavy (non-hydrogen) atoms. The molecule has 0 radical (unpaired) electrons. The minimum Gasteiger partial charge on any atom is -0.368 e. The van der Waals surface area contributed by atoms with Gasteiger partial charge in [0.1, 0.15) is 6.04 Å². The standard InChI is InChI=1S/C20H16BrClN2O2/c21-17-9-8-14(22)10-13(17)11-18(19(23)25)24-20(26)16-7-3-5-12-4-1-2-6-15(12)16/h1-10,18H,11H2,(H2,23,25)(H,24,26)/t18-/m0/s1. The average Bonchev–Trinajstić information content (AvgIpc) is 2.63. The van der Waals surface area contributed by atoms with Crippen LogP contribution in [-0.4, -0.2) is 17.9 Å². The lowest BCUT2D eigenvalue weighted by Gasteiger charge is -2.17. The highest BCUT2D eigenvalue weighted by Gasteiger charge is 2.21. The Labute approximate surface area is 164 Å². The van der Waals surface area contributed by atoms with E-state index >= 15 is 0 Å². The van der Waals surface area contributed by atoms with E-state index in [9.17, 15) is 9.59 Å². The fourth-order valence-corrected chi connectivity index (χ4v) is 3.41. The molecule has 0 aliphatic rings. The molecule has 3 rings (SSSR count). The van der Waals surface area contributed by atoms with E-state index in [1.165, 1.54) is 0 Å². The van der Waals surface area contributed by atoms with E-state index in [2.05, 4.69) is 21.2 Å². The average molecular weight is 432 g/mol. The molecule has 0 heterocycles. The molecule has 6 heteroatoms. The molecule has 3 aromatic carbocycles. The van der Waals surface area contributed by atoms with E-state index in [0.717, 1.165) is 20.8 Å². The van der Waals surface area contributed by atoms with Gasteiger partial charge >= 0.3 is 0 Å². The molecule has 0 saturated carbocycles. The van der Waals surface area contributed by atoms with Crippen LogP contribution < -0.4 is 11.1 Å². The lowest BCUT2D eigenvalue weighted by Crippen LogP contribution is -2.46. The maximum Gasteiger partial charge on any atom is 0.252 e. The van der Waals surface area contributed by atoms with E-state index in [4.69, 9.17) is 17.3 Å². The Balaban J connectivity index is 1.87. The second-order valence-electron chi connectivity index (χ2n) is 5.89. The van der Waals surface area contributed by atoms with E-state index < -0.39 is 11.9 Å². The van der Waals surface area contributed by atoms with Crippen LogP contribution in [0.1, 0.15) is 15.9 Å². The Kier molecular flexibility index (Phi) is 5.59. The number of benzene rings is 3. The predicted octanol–water partition coefficient (Wildman–Crippen LogP) is 4.08. The monoisotopic (exact) mass is 430 g/mol. The van der Waals surface area contributed by atoms with Crippen LogP contribution in [-0.2, 0) is 11.2 Å². The SMILES string of the molecule is NC(=O)[C@H](Cc1cc(Cl)ccc1Br)NC(=O)c1cccc2ccccc12. The summed E-state index contributed by atoms with van der Waals surface area (Å²) in [6.45, 7) is 0. The van der Waals surface area contributed by atoms with Crippen LogP contribution >= 0.6 is 27.5 Å². The first-order chi connectivity index (χ1) is 12.5. The third-order valence-electron chi connectivity index (χ3n) is 4.11. The second-order valence-corrected chi connectivity index (χ2v) is 7.19. The van der Waals surface area contributed by atoms with Crippen molar-refractivity contribution in [3.63, 3.8) is 0 Å². The Hall–Kier alpha value is -2.37. The van der Waals surface area contributed by atoms with Gasteiger partial charge in [0.25, 0.3) is 5.91 Å². The number of carbonyl (C=O) groups excluding carboxylic acids is 2. The highest BCUT2D eigenvalue weighted by atomic mass is 79.9. The third kappa shape index (κ3) is 4.06. The van der Waals surface area contributed by atoms with Crippen LogP contribution in [0.25, 0.3) is 10.8 Å². The number of rotatable bonds is 5. The van der Waals surface area contributed by atoms with Gasteiger partial charge in [0.15, 0.2) is 0 Å². The van der Waals surface area contributed by atoms with Crippen molar-refractivity contribution in [1.29, 1.82) is 0 Å². The number of nitrogens with one attached hydrogen (secondary N) is 1. The topological polar surface area (TPSA) is 72.2 Å². The Morgan fingerprint density at radius 3 is 2.58 bits per heavy atom. The largest absolute Gasteiger partial charge is 0.368 e. The van der Waals surface area contributed by atoms with Gasteiger partial charge in [-0.25, -0.2) is 0 Å². The first-order valence-corrected chi connectivity index (χ1v) is 9.14. The number of fused-ring (bicyclic) bond motifs is 1. The quantitative estimate of drug-likeness (QED) is 0.639. The van der Waals surface area contributed by atoms with Crippen LogP contribution in [0, 0.1) is 0 Å². The summed E-state index contributed by atoms with van der Waals surface area (Å²) in [4.78, 5) is 24.6. The fraction of sp³-hybridized carbons (Fsp3) is 0.100. The zero-order chi connectivity index (χ0) is 18.7. The minimum atomic E-state index is -0.851. The zero-order valence-corrected chi connectivity index (χ0v) is 16.0. The molecule has 132 valence electrons. The summed E-state index contributed by atoms with van der Waals surface area (Å²) in [5.74, 6) is -0.950. The summed E-state index contributed by atoms with van der Waals surface area (Å²) in [5.41, 5.74) is 6.80. The van der Waals surface area contributed by atoms with Crippen molar-refractivity contribution in [2.75, 3.05) is 0 Å². The van der Waals surface area contributed by atoms with Crippen molar-refractivity contribution < 1.29 is 9.59 Å². The predicted molar refractivity (Wildman–Crippen MR) is 107 cm³/mol. The van der Waals surface area contributed by atoms with E-state index in [0.29, 0.717) is 10.6 Å². The van der Waals surface area contributed by atoms with Crippen molar-refractivity contribution >= 4 is 50.1 Å². The smallest absolute Gasteiger partial charge is 0.252 e. The summed E-state index contributed by atoms with van der Waals surface area (Å²) < 4.78 is 0.799. The summed E-state index contributed by atoms with van der Waals surface area (Å²) >= 11 is 9.45. The number of amides is 2. The molecular formula is C20H16BrClN2O2. The molecule has 4 nitrogen and oxygen atoms in total. The lowest BCUT2D eigenvalue weighted by atomic mass is 10.0. The van der Waals surface area contributed by atoms with Crippen molar-refractivity contribution in [2.24, 2.45) is 5.73 Å². The minimum absolute atomic E-state index is 0.243. The normalized spacial score (nSPS) is 11.9. The molecule has 0 bridgehead atoms. The number of hydrogen-bond acceptors (Lipinski definition) is 2. The zero-order valence-electron chi connectivity index (χ0n) is 13.7. The van der Waals surface area contributed by atoms with Crippen molar-refractivity contribution in [3.8, 4) is 0 Å². The number of halogens is 2. The van der Waals surface area contributed by atoms with Crippen LogP contribution in [0.15, 0.2) is 65.1 Å². The number of nitrogens with two attached hydrogens (primary N) is 1. The molecule has 0 aromatic heterocycles. The molecular weight excluding hydrogens is 416 g/mol. The summed E-state index contributed by atoms with van der Waals surface area (Å²) in [6.07, 6.45) is 0.243. The van der Waals surface area contributed by atoms with Gasteiger partial charge in [-0.2, -0.15) is 0 Å². The molecule has 0 unspecified atom stereocenters. The maximum absolute atomic E-state index is 12.8. The van der Waals surface area contributed by atoms with Gasteiger partial charge < -0.3 is 11.1 Å². The molecule has 0 fully saturated rings. The first kappa shape index (κ1) is 18.4. The highest BCUT2D eigenvalue weighted by molar-refractivity contribution is 9.10. The summed E-state index contributed by atoms with van der Waals surface area (Å²) in [7, 11) is 0. The summed E-state index contributed by atoms with van der Waals surface area (Å²) in [5, 5.41) is 5.06. The third-order valence-corrected chi connectivity index (χ3v) is 5.12. The lowest BCUT2D eigenvalue weighted by molar-refractivity contribution is -0.119. The van der Waals surface area contributed by atoms with Crippen LogP contribution in [0.4, 0.5) is 0 Å². The molecule has 0 saturated heterocycles. The molecule has 0 aliphatic carbocycles. The van der Waals surface area contributed by atoms with Gasteiger partial charge in [0.2, 0.25) is 5.91 Å². The Morgan fingerprint density at radius 2 is 1.81 bits per heavy atom. The molecule has 0 aliphatic heterocycles. The number of carbonyl (C=O) groups is 2. The van der Waals surface area contributed by atoms with E-state index in [1.807, 2.05) is 36.4 Å². The van der Waals surface area contributed by atoms with E-state index in [-0.39, 0.29) is 12.3 Å². The molecule has 3 N–H and O–H groups in total. The first-order valence-electron chi connectivity index (χ1n) is 7.97. The van der Waals surface area contributed by atoms with Crippen LogP contribution in [0.5, 0.6) is 0 Å². The summed E-state index contributed by atoms with van der Waals surface area (Å²) in [6, 6.07) is 17.5. The molecule has 1 atom stereocenters. The van der Waals surface area contributed by atoms with Gasteiger partial charge in [-0.15, -0.1) is 0 Å². The van der Waals surface area contributed by atoms with Gasteiger partial charge in [-0.1, -0.05) is 63.9 Å². The maximum atomic E-state index is 12.8. The van der Waals surface area contributed by atoms with Gasteiger partial charge in [0, 0.05) is 21.5 Å². The highest BCUT2D eigenvalue weighted by Crippen LogP contribution is 2.23. The number of primary amides is 1. The Morgan fingerprint density at radius 1 is 1.08 bits per heavy atom. The molecule has 2 amide bonds. The van der Waals surface area contributed by atoms with Gasteiger partial charge in [0.05, 0.1) is 0 Å². The van der Waals surface area contributed by atoms with Crippen molar-refractivity contribution in [3.05, 3.63) is 81.3 Å². The van der Waals surface area contributed by atoms with Gasteiger partial charge in [-0.3, -0.25) is 9.59 Å². The second kappa shape index (κ2) is 7.89. The Bertz CT molecular complexity index is 985. The van der Waals surface area contributed by atoms with Crippen molar-refractivity contribution in [1.82, 2.24) is 5.32 Å². The van der Waals surface area contributed by atoms with Gasteiger partial charge in [-0.05, 0) is 40.6 Å². The van der Waals surface area contributed by atoms with Crippen LogP contribution in [0.2, 0.25) is 5.02 Å².